The maximum absolute atomic E-state index is 11.3. The number of aryl methyl sites for hydroxylation is 1. The van der Waals surface area contributed by atoms with Crippen LogP contribution < -0.4 is 0 Å². The molecule has 0 saturated heterocycles. The van der Waals surface area contributed by atoms with Gasteiger partial charge in [-0.3, -0.25) is 4.79 Å². The Labute approximate surface area is 122 Å². The van der Waals surface area contributed by atoms with Crippen LogP contribution in [-0.4, -0.2) is 20.5 Å². The molecule has 0 spiro atoms. The van der Waals surface area contributed by atoms with E-state index in [-0.39, 0.29) is 12.3 Å². The van der Waals surface area contributed by atoms with Crippen LogP contribution in [0.1, 0.15) is 29.3 Å². The quantitative estimate of drug-likeness (QED) is 0.798. The van der Waals surface area contributed by atoms with Crippen LogP contribution in [0, 0.1) is 6.92 Å². The highest BCUT2D eigenvalue weighted by atomic mass is 16.4. The fourth-order valence-corrected chi connectivity index (χ4v) is 2.73. The standard InChI is InChI=1S/C17H16N2O2/c1-12-6-5-9-16-18-11-15(19(12)16)14(10-17(20)21)13-7-3-2-4-8-13/h2-9,11,14H,10H2,1H3,(H,20,21)/t14-/m1/s1. The molecule has 21 heavy (non-hydrogen) atoms. The summed E-state index contributed by atoms with van der Waals surface area (Å²) in [4.78, 5) is 15.7. The highest BCUT2D eigenvalue weighted by Gasteiger charge is 2.21. The van der Waals surface area contributed by atoms with Gasteiger partial charge in [0, 0.05) is 17.8 Å². The Morgan fingerprint density at radius 2 is 1.95 bits per heavy atom. The van der Waals surface area contributed by atoms with Crippen molar-refractivity contribution in [1.29, 1.82) is 0 Å². The first kappa shape index (κ1) is 13.4. The number of aliphatic carboxylic acids is 1. The lowest BCUT2D eigenvalue weighted by molar-refractivity contribution is -0.137. The summed E-state index contributed by atoms with van der Waals surface area (Å²) >= 11 is 0. The zero-order chi connectivity index (χ0) is 14.8. The summed E-state index contributed by atoms with van der Waals surface area (Å²) in [6.07, 6.45) is 1.83. The Kier molecular flexibility index (Phi) is 3.44. The number of carboxylic acids is 1. The molecule has 0 bridgehead atoms. The molecule has 1 N–H and O–H groups in total. The third kappa shape index (κ3) is 2.52. The van der Waals surface area contributed by atoms with E-state index >= 15 is 0 Å². The summed E-state index contributed by atoms with van der Waals surface area (Å²) in [7, 11) is 0. The number of carbonyl (C=O) groups is 1. The zero-order valence-electron chi connectivity index (χ0n) is 11.7. The first-order valence-corrected chi connectivity index (χ1v) is 6.86. The summed E-state index contributed by atoms with van der Waals surface area (Å²) in [5, 5.41) is 9.26. The Morgan fingerprint density at radius 1 is 1.19 bits per heavy atom. The summed E-state index contributed by atoms with van der Waals surface area (Å²) in [5.74, 6) is -1.02. The molecule has 0 fully saturated rings. The van der Waals surface area contributed by atoms with E-state index in [9.17, 15) is 9.90 Å². The minimum atomic E-state index is -0.813. The van der Waals surface area contributed by atoms with Crippen LogP contribution in [-0.2, 0) is 4.79 Å². The molecule has 2 aromatic heterocycles. The van der Waals surface area contributed by atoms with E-state index in [0.717, 1.165) is 22.6 Å². The van der Waals surface area contributed by atoms with E-state index < -0.39 is 5.97 Å². The Morgan fingerprint density at radius 3 is 2.67 bits per heavy atom. The van der Waals surface area contributed by atoms with Gasteiger partial charge in [-0.15, -0.1) is 0 Å². The molecule has 3 aromatic rings. The van der Waals surface area contributed by atoms with Crippen molar-refractivity contribution in [3.63, 3.8) is 0 Å². The second-order valence-electron chi connectivity index (χ2n) is 5.10. The molecule has 0 aliphatic rings. The summed E-state index contributed by atoms with van der Waals surface area (Å²) in [6.45, 7) is 2.00. The van der Waals surface area contributed by atoms with Gasteiger partial charge in [0.1, 0.15) is 5.65 Å². The average Bonchev–Trinajstić information content (AvgIpc) is 2.91. The lowest BCUT2D eigenvalue weighted by Gasteiger charge is -2.16. The van der Waals surface area contributed by atoms with Gasteiger partial charge >= 0.3 is 5.97 Å². The van der Waals surface area contributed by atoms with Crippen LogP contribution in [0.15, 0.2) is 54.7 Å². The van der Waals surface area contributed by atoms with Crippen molar-refractivity contribution < 1.29 is 9.90 Å². The normalized spacial score (nSPS) is 12.4. The van der Waals surface area contributed by atoms with Gasteiger partial charge in [0.2, 0.25) is 0 Å². The second-order valence-corrected chi connectivity index (χ2v) is 5.10. The first-order chi connectivity index (χ1) is 10.2. The molecule has 106 valence electrons. The Balaban J connectivity index is 2.17. The number of carboxylic acid groups (broad SMARTS) is 1. The number of imidazole rings is 1. The molecular formula is C17H16N2O2. The number of rotatable bonds is 4. The number of nitrogens with zero attached hydrogens (tertiary/aromatic N) is 2. The minimum Gasteiger partial charge on any atom is -0.481 e. The van der Waals surface area contributed by atoms with E-state index in [1.807, 2.05) is 59.9 Å². The predicted molar refractivity (Wildman–Crippen MR) is 80.5 cm³/mol. The molecule has 1 aromatic carbocycles. The van der Waals surface area contributed by atoms with Gasteiger partial charge in [0.05, 0.1) is 12.1 Å². The van der Waals surface area contributed by atoms with Gasteiger partial charge in [0.15, 0.2) is 0 Å². The smallest absolute Gasteiger partial charge is 0.304 e. The van der Waals surface area contributed by atoms with Crippen LogP contribution in [0.25, 0.3) is 5.65 Å². The van der Waals surface area contributed by atoms with Crippen molar-refractivity contribution in [2.24, 2.45) is 0 Å². The van der Waals surface area contributed by atoms with E-state index in [1.54, 1.807) is 6.20 Å². The van der Waals surface area contributed by atoms with Crippen molar-refractivity contribution >= 4 is 11.6 Å². The van der Waals surface area contributed by atoms with Crippen molar-refractivity contribution in [2.75, 3.05) is 0 Å². The summed E-state index contributed by atoms with van der Waals surface area (Å²) in [5.41, 5.74) is 3.80. The average molecular weight is 280 g/mol. The topological polar surface area (TPSA) is 54.6 Å². The van der Waals surface area contributed by atoms with Crippen LogP contribution in [0.4, 0.5) is 0 Å². The maximum atomic E-state index is 11.3. The largest absolute Gasteiger partial charge is 0.481 e. The van der Waals surface area contributed by atoms with Crippen LogP contribution in [0.2, 0.25) is 0 Å². The molecule has 0 amide bonds. The molecule has 0 radical (unpaired) electrons. The number of benzene rings is 1. The Bertz CT molecular complexity index is 778. The second kappa shape index (κ2) is 5.40. The van der Waals surface area contributed by atoms with Gasteiger partial charge in [0.25, 0.3) is 0 Å². The van der Waals surface area contributed by atoms with E-state index in [4.69, 9.17) is 0 Å². The van der Waals surface area contributed by atoms with E-state index in [0.29, 0.717) is 0 Å². The van der Waals surface area contributed by atoms with Crippen LogP contribution >= 0.6 is 0 Å². The van der Waals surface area contributed by atoms with Gasteiger partial charge in [-0.1, -0.05) is 36.4 Å². The molecule has 3 rings (SSSR count). The fourth-order valence-electron chi connectivity index (χ4n) is 2.73. The van der Waals surface area contributed by atoms with Gasteiger partial charge in [-0.2, -0.15) is 0 Å². The lowest BCUT2D eigenvalue weighted by atomic mass is 9.93. The number of pyridine rings is 1. The van der Waals surface area contributed by atoms with Crippen molar-refractivity contribution in [3.05, 3.63) is 71.7 Å². The minimum absolute atomic E-state index is 0.0478. The molecule has 4 nitrogen and oxygen atoms in total. The van der Waals surface area contributed by atoms with E-state index in [2.05, 4.69) is 4.98 Å². The molecule has 0 aliphatic heterocycles. The zero-order valence-corrected chi connectivity index (χ0v) is 11.7. The molecule has 2 heterocycles. The first-order valence-electron chi connectivity index (χ1n) is 6.86. The van der Waals surface area contributed by atoms with Crippen molar-refractivity contribution in [1.82, 2.24) is 9.38 Å². The number of fused-ring (bicyclic) bond motifs is 1. The third-order valence-electron chi connectivity index (χ3n) is 3.69. The lowest BCUT2D eigenvalue weighted by Crippen LogP contribution is -2.11. The molecule has 0 unspecified atom stereocenters. The molecule has 4 heteroatoms. The highest BCUT2D eigenvalue weighted by molar-refractivity contribution is 5.69. The van der Waals surface area contributed by atoms with Crippen LogP contribution in [0.5, 0.6) is 0 Å². The molecule has 1 atom stereocenters. The third-order valence-corrected chi connectivity index (χ3v) is 3.69. The molecule has 0 aliphatic carbocycles. The molecular weight excluding hydrogens is 264 g/mol. The fraction of sp³-hybridized carbons (Fsp3) is 0.176. The van der Waals surface area contributed by atoms with Gasteiger partial charge in [-0.05, 0) is 24.6 Å². The van der Waals surface area contributed by atoms with Crippen LogP contribution in [0.3, 0.4) is 0 Å². The number of hydrogen-bond donors (Lipinski definition) is 1. The maximum Gasteiger partial charge on any atom is 0.304 e. The van der Waals surface area contributed by atoms with Crippen molar-refractivity contribution in [3.8, 4) is 0 Å². The molecule has 0 saturated carbocycles. The van der Waals surface area contributed by atoms with Crippen molar-refractivity contribution in [2.45, 2.75) is 19.3 Å². The number of aromatic nitrogens is 2. The Hall–Kier alpha value is -2.62. The van der Waals surface area contributed by atoms with Gasteiger partial charge in [-0.25, -0.2) is 4.98 Å². The summed E-state index contributed by atoms with van der Waals surface area (Å²) < 4.78 is 2.03. The SMILES string of the molecule is Cc1cccc2ncc([C@H](CC(=O)O)c3ccccc3)n12. The number of hydrogen-bond acceptors (Lipinski definition) is 2. The highest BCUT2D eigenvalue weighted by Crippen LogP contribution is 2.29. The summed E-state index contributed by atoms with van der Waals surface area (Å²) in [6, 6.07) is 15.6. The predicted octanol–water partition coefficient (Wildman–Crippen LogP) is 3.25. The van der Waals surface area contributed by atoms with E-state index in [1.165, 1.54) is 0 Å². The van der Waals surface area contributed by atoms with Gasteiger partial charge < -0.3 is 9.51 Å². The monoisotopic (exact) mass is 280 g/mol.